The van der Waals surface area contributed by atoms with E-state index in [-0.39, 0.29) is 17.9 Å². The van der Waals surface area contributed by atoms with Gasteiger partial charge in [0.25, 0.3) is 0 Å². The van der Waals surface area contributed by atoms with Gasteiger partial charge in [0.15, 0.2) is 0 Å². The van der Waals surface area contributed by atoms with Crippen LogP contribution < -0.4 is 5.73 Å². The highest BCUT2D eigenvalue weighted by Gasteiger charge is 2.25. The molecule has 1 atom stereocenters. The smallest absolute Gasteiger partial charge is 0.320 e. The summed E-state index contributed by atoms with van der Waals surface area (Å²) >= 11 is 0. The Kier molecular flexibility index (Phi) is 3.86. The summed E-state index contributed by atoms with van der Waals surface area (Å²) in [5.74, 6) is -1.22. The molecule has 0 aliphatic carbocycles. The Morgan fingerprint density at radius 3 is 2.33 bits per heavy atom. The average Bonchev–Trinajstić information content (AvgIpc) is 2.20. The van der Waals surface area contributed by atoms with Crippen molar-refractivity contribution in [3.63, 3.8) is 0 Å². The maximum absolute atomic E-state index is 10.7. The average molecular weight is 253 g/mol. The minimum atomic E-state index is -1.13. The number of nitrogens with two attached hydrogens (primary N) is 1. The third-order valence-electron chi connectivity index (χ3n) is 2.75. The zero-order valence-corrected chi connectivity index (χ0v) is 10.8. The van der Waals surface area contributed by atoms with E-state index in [0.717, 1.165) is 0 Å². The molecule has 5 N–H and O–H groups in total. The fraction of sp³-hybridized carbons (Fsp3) is 0.462. The molecule has 0 amide bonds. The van der Waals surface area contributed by atoms with Gasteiger partial charge in [-0.3, -0.25) is 4.79 Å². The molecule has 0 aliphatic rings. The van der Waals surface area contributed by atoms with Crippen molar-refractivity contribution >= 4 is 5.97 Å². The van der Waals surface area contributed by atoms with E-state index in [4.69, 9.17) is 10.8 Å². The Bertz CT molecular complexity index is 463. The van der Waals surface area contributed by atoms with E-state index in [1.165, 1.54) is 12.1 Å². The lowest BCUT2D eigenvalue weighted by molar-refractivity contribution is -0.138. The number of aromatic hydroxyl groups is 2. The molecule has 0 aromatic heterocycles. The third-order valence-corrected chi connectivity index (χ3v) is 2.75. The van der Waals surface area contributed by atoms with Gasteiger partial charge in [-0.2, -0.15) is 0 Å². The van der Waals surface area contributed by atoms with E-state index < -0.39 is 17.4 Å². The number of hydrogen-bond donors (Lipinski definition) is 4. The molecule has 0 saturated heterocycles. The van der Waals surface area contributed by atoms with E-state index in [0.29, 0.717) is 11.1 Å². The molecule has 1 unspecified atom stereocenters. The second-order valence-electron chi connectivity index (χ2n) is 5.37. The van der Waals surface area contributed by atoms with Crippen LogP contribution in [0.2, 0.25) is 0 Å². The molecule has 0 radical (unpaired) electrons. The van der Waals surface area contributed by atoms with Gasteiger partial charge in [-0.05, 0) is 17.0 Å². The van der Waals surface area contributed by atoms with Crippen LogP contribution in [0, 0.1) is 0 Å². The highest BCUT2D eigenvalue weighted by atomic mass is 16.4. The van der Waals surface area contributed by atoms with Crippen molar-refractivity contribution in [2.24, 2.45) is 5.73 Å². The number of carbonyl (C=O) groups is 1. The van der Waals surface area contributed by atoms with Crippen molar-refractivity contribution in [2.75, 3.05) is 0 Å². The maximum atomic E-state index is 10.7. The molecule has 100 valence electrons. The largest absolute Gasteiger partial charge is 0.508 e. The van der Waals surface area contributed by atoms with Crippen LogP contribution in [0.15, 0.2) is 12.1 Å². The summed E-state index contributed by atoms with van der Waals surface area (Å²) in [7, 11) is 0. The van der Waals surface area contributed by atoms with Crippen LogP contribution >= 0.6 is 0 Å². The van der Waals surface area contributed by atoms with E-state index >= 15 is 0 Å². The molecular formula is C13H19NO4. The Hall–Kier alpha value is -1.75. The summed E-state index contributed by atoms with van der Waals surface area (Å²) in [5.41, 5.74) is 5.82. The highest BCUT2D eigenvalue weighted by molar-refractivity contribution is 5.73. The predicted molar refractivity (Wildman–Crippen MR) is 67.8 cm³/mol. The Morgan fingerprint density at radius 1 is 1.33 bits per heavy atom. The number of aliphatic carboxylic acids is 1. The number of rotatable bonds is 3. The van der Waals surface area contributed by atoms with Crippen molar-refractivity contribution in [3.05, 3.63) is 23.3 Å². The summed E-state index contributed by atoms with van der Waals surface area (Å²) in [6.07, 6.45) is 0.0184. The first-order valence-electron chi connectivity index (χ1n) is 5.67. The zero-order valence-electron chi connectivity index (χ0n) is 10.8. The number of phenols is 2. The standard InChI is InChI=1S/C13H19NO4/c1-13(2,3)10-9(15)5-4-7(11(10)16)6-8(14)12(17)18/h4-5,8,15-16H,6,14H2,1-3H3,(H,17,18). The van der Waals surface area contributed by atoms with E-state index in [1.54, 1.807) is 0 Å². The zero-order chi connectivity index (χ0) is 14.1. The van der Waals surface area contributed by atoms with Gasteiger partial charge in [-0.15, -0.1) is 0 Å². The van der Waals surface area contributed by atoms with Gasteiger partial charge in [-0.1, -0.05) is 26.8 Å². The van der Waals surface area contributed by atoms with Crippen molar-refractivity contribution in [1.82, 2.24) is 0 Å². The molecule has 0 spiro atoms. The van der Waals surface area contributed by atoms with Gasteiger partial charge >= 0.3 is 5.97 Å². The van der Waals surface area contributed by atoms with E-state index in [9.17, 15) is 15.0 Å². The lowest BCUT2D eigenvalue weighted by Crippen LogP contribution is -2.32. The van der Waals surface area contributed by atoms with E-state index in [1.807, 2.05) is 20.8 Å². The van der Waals surface area contributed by atoms with Gasteiger partial charge < -0.3 is 21.1 Å². The summed E-state index contributed by atoms with van der Waals surface area (Å²) in [6.45, 7) is 5.55. The third kappa shape index (κ3) is 2.92. The van der Waals surface area contributed by atoms with Gasteiger partial charge in [0.05, 0.1) is 0 Å². The van der Waals surface area contributed by atoms with E-state index in [2.05, 4.69) is 0 Å². The summed E-state index contributed by atoms with van der Waals surface area (Å²) in [5, 5.41) is 28.7. The van der Waals surface area contributed by atoms with Gasteiger partial charge in [0, 0.05) is 12.0 Å². The molecule has 0 fully saturated rings. The van der Waals surface area contributed by atoms with Gasteiger partial charge in [-0.25, -0.2) is 0 Å². The first-order valence-corrected chi connectivity index (χ1v) is 5.67. The molecule has 0 saturated carbocycles. The molecule has 18 heavy (non-hydrogen) atoms. The quantitative estimate of drug-likeness (QED) is 0.651. The number of carboxylic acids is 1. The Balaban J connectivity index is 3.21. The monoisotopic (exact) mass is 253 g/mol. The van der Waals surface area contributed by atoms with Crippen LogP contribution in [0.3, 0.4) is 0 Å². The summed E-state index contributed by atoms with van der Waals surface area (Å²) in [4.78, 5) is 10.7. The molecule has 1 aromatic rings. The number of carboxylic acid groups (broad SMARTS) is 1. The lowest BCUT2D eigenvalue weighted by Gasteiger charge is -2.23. The number of benzene rings is 1. The summed E-state index contributed by atoms with van der Waals surface area (Å²) < 4.78 is 0. The summed E-state index contributed by atoms with van der Waals surface area (Å²) in [6, 6.07) is 1.86. The molecule has 0 heterocycles. The van der Waals surface area contributed by atoms with Gasteiger partial charge in [0.1, 0.15) is 17.5 Å². The van der Waals surface area contributed by atoms with Crippen molar-refractivity contribution in [1.29, 1.82) is 0 Å². The van der Waals surface area contributed by atoms with Crippen LogP contribution in [0.4, 0.5) is 0 Å². The SMILES string of the molecule is CC(C)(C)c1c(O)ccc(CC(N)C(=O)O)c1O. The lowest BCUT2D eigenvalue weighted by atomic mass is 9.83. The first-order chi connectivity index (χ1) is 8.14. The Morgan fingerprint density at radius 2 is 1.89 bits per heavy atom. The van der Waals surface area contributed by atoms with Crippen LogP contribution in [-0.2, 0) is 16.6 Å². The fourth-order valence-electron chi connectivity index (χ4n) is 1.85. The first kappa shape index (κ1) is 14.3. The van der Waals surface area contributed by atoms with Crippen LogP contribution in [0.25, 0.3) is 0 Å². The normalized spacial score (nSPS) is 13.3. The molecule has 5 heteroatoms. The van der Waals surface area contributed by atoms with Crippen molar-refractivity contribution < 1.29 is 20.1 Å². The molecule has 0 aliphatic heterocycles. The second kappa shape index (κ2) is 4.86. The maximum Gasteiger partial charge on any atom is 0.320 e. The molecule has 1 rings (SSSR count). The molecule has 1 aromatic carbocycles. The van der Waals surface area contributed by atoms with Crippen molar-refractivity contribution in [2.45, 2.75) is 38.6 Å². The van der Waals surface area contributed by atoms with Crippen LogP contribution in [0.5, 0.6) is 11.5 Å². The minimum Gasteiger partial charge on any atom is -0.508 e. The molecule has 5 nitrogen and oxygen atoms in total. The number of hydrogen-bond acceptors (Lipinski definition) is 4. The molecular weight excluding hydrogens is 234 g/mol. The molecule has 0 bridgehead atoms. The van der Waals surface area contributed by atoms with Crippen LogP contribution in [0.1, 0.15) is 31.9 Å². The number of phenolic OH excluding ortho intramolecular Hbond substituents is 2. The van der Waals surface area contributed by atoms with Gasteiger partial charge in [0.2, 0.25) is 0 Å². The highest BCUT2D eigenvalue weighted by Crippen LogP contribution is 2.39. The van der Waals surface area contributed by atoms with Crippen LogP contribution in [-0.4, -0.2) is 27.3 Å². The Labute approximate surface area is 106 Å². The van der Waals surface area contributed by atoms with Crippen molar-refractivity contribution in [3.8, 4) is 11.5 Å². The second-order valence-corrected chi connectivity index (χ2v) is 5.37. The topological polar surface area (TPSA) is 104 Å². The fourth-order valence-corrected chi connectivity index (χ4v) is 1.85. The predicted octanol–water partition coefficient (Wildman–Crippen LogP) is 1.35. The minimum absolute atomic E-state index is 0.00681.